The second kappa shape index (κ2) is 7.99. The first-order chi connectivity index (χ1) is 8.03. The molecule has 3 N–H and O–H groups in total. The Hall–Kier alpha value is -1.18. The molecule has 0 bridgehead atoms. The molecule has 17 heavy (non-hydrogen) atoms. The van der Waals surface area contributed by atoms with Crippen LogP contribution in [0.5, 0.6) is 0 Å². The van der Waals surface area contributed by atoms with Gasteiger partial charge in [0.2, 0.25) is 0 Å². The molecule has 0 atom stereocenters. The molecule has 0 radical (unpaired) electrons. The largest absolute Gasteiger partial charge is 0.469 e. The second-order valence-corrected chi connectivity index (χ2v) is 3.71. The van der Waals surface area contributed by atoms with Crippen LogP contribution in [0.1, 0.15) is 12.8 Å². The summed E-state index contributed by atoms with van der Waals surface area (Å²) in [6.45, 7) is -1.84. The molecular formula is C10H18O7. The Bertz CT molecular complexity index is 239. The maximum Gasteiger partial charge on any atom is 0.306 e. The van der Waals surface area contributed by atoms with Crippen molar-refractivity contribution < 1.29 is 34.4 Å². The van der Waals surface area contributed by atoms with Gasteiger partial charge in [-0.25, -0.2) is 0 Å². The molecule has 0 heterocycles. The van der Waals surface area contributed by atoms with Gasteiger partial charge in [-0.1, -0.05) is 0 Å². The summed E-state index contributed by atoms with van der Waals surface area (Å²) >= 11 is 0. The SMILES string of the molecule is COC(=O)CCC(=O)OCC(CO)(CO)CO. The minimum absolute atomic E-state index is 0.0975. The molecule has 0 rings (SSSR count). The molecule has 0 aliphatic heterocycles. The normalized spacial score (nSPS) is 11.1. The Morgan fingerprint density at radius 3 is 1.88 bits per heavy atom. The average molecular weight is 250 g/mol. The highest BCUT2D eigenvalue weighted by Crippen LogP contribution is 2.15. The molecule has 0 aromatic carbocycles. The van der Waals surface area contributed by atoms with E-state index in [-0.39, 0.29) is 19.4 Å². The molecule has 0 unspecified atom stereocenters. The van der Waals surface area contributed by atoms with Crippen LogP contribution in [0.25, 0.3) is 0 Å². The fourth-order valence-electron chi connectivity index (χ4n) is 0.899. The minimum Gasteiger partial charge on any atom is -0.469 e. The van der Waals surface area contributed by atoms with Crippen molar-refractivity contribution in [2.45, 2.75) is 12.8 Å². The predicted molar refractivity (Wildman–Crippen MR) is 55.9 cm³/mol. The number of hydrogen-bond acceptors (Lipinski definition) is 7. The van der Waals surface area contributed by atoms with Crippen LogP contribution in [0.4, 0.5) is 0 Å². The van der Waals surface area contributed by atoms with Gasteiger partial charge in [-0.05, 0) is 0 Å². The first-order valence-electron chi connectivity index (χ1n) is 5.08. The van der Waals surface area contributed by atoms with E-state index in [0.29, 0.717) is 0 Å². The molecule has 0 aliphatic rings. The van der Waals surface area contributed by atoms with Gasteiger partial charge in [0.25, 0.3) is 0 Å². The quantitative estimate of drug-likeness (QED) is 0.447. The summed E-state index contributed by atoms with van der Waals surface area (Å²) in [6.07, 6.45) is -0.245. The van der Waals surface area contributed by atoms with E-state index in [1.807, 2.05) is 0 Å². The van der Waals surface area contributed by atoms with Gasteiger partial charge in [-0.15, -0.1) is 0 Å². The number of aliphatic hydroxyl groups is 3. The van der Waals surface area contributed by atoms with Crippen LogP contribution in [-0.4, -0.2) is 60.8 Å². The molecule has 100 valence electrons. The molecule has 7 heteroatoms. The molecule has 0 fully saturated rings. The van der Waals surface area contributed by atoms with Gasteiger partial charge in [-0.3, -0.25) is 9.59 Å². The Morgan fingerprint density at radius 1 is 1.00 bits per heavy atom. The minimum atomic E-state index is -1.25. The van der Waals surface area contributed by atoms with E-state index in [1.54, 1.807) is 0 Å². The zero-order valence-electron chi connectivity index (χ0n) is 9.72. The van der Waals surface area contributed by atoms with Gasteiger partial charge < -0.3 is 24.8 Å². The average Bonchev–Trinajstić information content (AvgIpc) is 2.38. The first kappa shape index (κ1) is 15.8. The summed E-state index contributed by atoms with van der Waals surface area (Å²) in [5.41, 5.74) is -1.25. The van der Waals surface area contributed by atoms with Crippen LogP contribution in [0.3, 0.4) is 0 Å². The Labute approximate surface area is 99.0 Å². The summed E-state index contributed by atoms with van der Waals surface area (Å²) < 4.78 is 9.09. The van der Waals surface area contributed by atoms with Crippen molar-refractivity contribution in [1.82, 2.24) is 0 Å². The highest BCUT2D eigenvalue weighted by atomic mass is 16.5. The van der Waals surface area contributed by atoms with Crippen molar-refractivity contribution in [3.05, 3.63) is 0 Å². The van der Waals surface area contributed by atoms with Gasteiger partial charge in [0.05, 0.1) is 45.2 Å². The van der Waals surface area contributed by atoms with Gasteiger partial charge >= 0.3 is 11.9 Å². The van der Waals surface area contributed by atoms with Crippen LogP contribution in [0.15, 0.2) is 0 Å². The molecule has 0 aromatic rings. The van der Waals surface area contributed by atoms with Crippen LogP contribution >= 0.6 is 0 Å². The van der Waals surface area contributed by atoms with E-state index in [2.05, 4.69) is 4.74 Å². The summed E-state index contributed by atoms with van der Waals surface area (Å²) in [7, 11) is 1.21. The van der Waals surface area contributed by atoms with Crippen molar-refractivity contribution in [2.75, 3.05) is 33.5 Å². The van der Waals surface area contributed by atoms with Crippen molar-refractivity contribution in [1.29, 1.82) is 0 Å². The Balaban J connectivity index is 4.01. The van der Waals surface area contributed by atoms with E-state index in [4.69, 9.17) is 20.1 Å². The predicted octanol–water partition coefficient (Wildman–Crippen LogP) is -1.55. The number of rotatable bonds is 8. The van der Waals surface area contributed by atoms with Gasteiger partial charge in [0, 0.05) is 0 Å². The second-order valence-electron chi connectivity index (χ2n) is 3.71. The zero-order chi connectivity index (χ0) is 13.3. The molecule has 0 aromatic heterocycles. The number of methoxy groups -OCH3 is 1. The maximum atomic E-state index is 11.2. The molecule has 0 saturated carbocycles. The van der Waals surface area contributed by atoms with Crippen LogP contribution in [0.2, 0.25) is 0 Å². The Morgan fingerprint density at radius 2 is 1.47 bits per heavy atom. The first-order valence-corrected chi connectivity index (χ1v) is 5.08. The summed E-state index contributed by atoms with van der Waals surface area (Å²) in [5.74, 6) is -1.19. The lowest BCUT2D eigenvalue weighted by Crippen LogP contribution is -2.39. The number of aliphatic hydroxyl groups excluding tert-OH is 3. The number of carbonyl (C=O) groups is 2. The highest BCUT2D eigenvalue weighted by Gasteiger charge is 2.30. The van der Waals surface area contributed by atoms with Crippen LogP contribution in [-0.2, 0) is 19.1 Å². The third kappa shape index (κ3) is 5.62. The van der Waals surface area contributed by atoms with E-state index < -0.39 is 37.2 Å². The molecule has 0 saturated heterocycles. The van der Waals surface area contributed by atoms with Crippen molar-refractivity contribution in [2.24, 2.45) is 5.41 Å². The smallest absolute Gasteiger partial charge is 0.306 e. The zero-order valence-corrected chi connectivity index (χ0v) is 9.72. The van der Waals surface area contributed by atoms with E-state index in [0.717, 1.165) is 0 Å². The molecule has 0 amide bonds. The number of carbonyl (C=O) groups excluding carboxylic acids is 2. The summed E-state index contributed by atoms with van der Waals surface area (Å²) in [4.78, 5) is 21.9. The van der Waals surface area contributed by atoms with E-state index in [1.165, 1.54) is 7.11 Å². The highest BCUT2D eigenvalue weighted by molar-refractivity contribution is 5.77. The Kier molecular flexibility index (Phi) is 7.44. The fourth-order valence-corrected chi connectivity index (χ4v) is 0.899. The topological polar surface area (TPSA) is 113 Å². The third-order valence-corrected chi connectivity index (χ3v) is 2.31. The summed E-state index contributed by atoms with van der Waals surface area (Å²) in [5, 5.41) is 26.9. The molecular weight excluding hydrogens is 232 g/mol. The summed E-state index contributed by atoms with van der Waals surface area (Å²) in [6, 6.07) is 0. The molecule has 0 spiro atoms. The lowest BCUT2D eigenvalue weighted by molar-refractivity contribution is -0.154. The van der Waals surface area contributed by atoms with Crippen LogP contribution < -0.4 is 0 Å². The molecule has 0 aliphatic carbocycles. The van der Waals surface area contributed by atoms with Gasteiger partial charge in [-0.2, -0.15) is 0 Å². The van der Waals surface area contributed by atoms with Crippen LogP contribution in [0, 0.1) is 5.41 Å². The van der Waals surface area contributed by atoms with Gasteiger partial charge in [0.1, 0.15) is 6.61 Å². The lowest BCUT2D eigenvalue weighted by atomic mass is 9.93. The molecule has 7 nitrogen and oxygen atoms in total. The van der Waals surface area contributed by atoms with Crippen molar-refractivity contribution in [3.63, 3.8) is 0 Å². The van der Waals surface area contributed by atoms with Crippen molar-refractivity contribution in [3.8, 4) is 0 Å². The fraction of sp³-hybridized carbons (Fsp3) is 0.800. The monoisotopic (exact) mass is 250 g/mol. The maximum absolute atomic E-state index is 11.2. The van der Waals surface area contributed by atoms with E-state index in [9.17, 15) is 9.59 Å². The number of ether oxygens (including phenoxy) is 2. The standard InChI is InChI=1S/C10H18O7/c1-16-8(14)2-3-9(15)17-7-10(4-11,5-12)6-13/h11-13H,2-7H2,1H3. The van der Waals surface area contributed by atoms with Crippen molar-refractivity contribution >= 4 is 11.9 Å². The third-order valence-electron chi connectivity index (χ3n) is 2.31. The van der Waals surface area contributed by atoms with Gasteiger partial charge in [0.15, 0.2) is 0 Å². The van der Waals surface area contributed by atoms with E-state index >= 15 is 0 Å². The number of hydrogen-bond donors (Lipinski definition) is 3. The number of esters is 2. The lowest BCUT2D eigenvalue weighted by Gasteiger charge is -2.26.